The monoisotopic (exact) mass is 289 g/mol. The zero-order valence-electron chi connectivity index (χ0n) is 9.58. The number of hydrogen-bond donors (Lipinski definition) is 2. The van der Waals surface area contributed by atoms with Crippen LogP contribution < -0.4 is 15.2 Å². The maximum atomic E-state index is 9.13. The maximum absolute atomic E-state index is 9.13. The predicted molar refractivity (Wildman–Crippen MR) is 66.0 cm³/mol. The van der Waals surface area contributed by atoms with Crippen LogP contribution >= 0.6 is 15.9 Å². The van der Waals surface area contributed by atoms with Crippen molar-refractivity contribution in [1.82, 2.24) is 0 Å². The quantitative estimate of drug-likeness (QED) is 0.887. The summed E-state index contributed by atoms with van der Waals surface area (Å²) in [4.78, 5) is 0. The van der Waals surface area contributed by atoms with E-state index in [1.807, 2.05) is 13.0 Å². The SMILES string of the molecule is COc1c(Br)cc(C)c(C(N)CO)c1OC. The molecule has 0 bridgehead atoms. The molecule has 0 amide bonds. The number of aliphatic hydroxyl groups excluding tert-OH is 1. The molecule has 0 spiro atoms. The molecule has 1 aromatic carbocycles. The Morgan fingerprint density at radius 3 is 2.38 bits per heavy atom. The van der Waals surface area contributed by atoms with Crippen molar-refractivity contribution in [3.63, 3.8) is 0 Å². The van der Waals surface area contributed by atoms with Crippen LogP contribution in [0.2, 0.25) is 0 Å². The van der Waals surface area contributed by atoms with Crippen LogP contribution in [-0.2, 0) is 0 Å². The van der Waals surface area contributed by atoms with E-state index in [9.17, 15) is 0 Å². The highest BCUT2D eigenvalue weighted by molar-refractivity contribution is 9.10. The van der Waals surface area contributed by atoms with Gasteiger partial charge in [-0.2, -0.15) is 0 Å². The summed E-state index contributed by atoms with van der Waals surface area (Å²) in [5.41, 5.74) is 7.56. The lowest BCUT2D eigenvalue weighted by Gasteiger charge is -2.20. The Hall–Kier alpha value is -0.780. The van der Waals surface area contributed by atoms with E-state index in [2.05, 4.69) is 15.9 Å². The third kappa shape index (κ3) is 2.31. The fourth-order valence-electron chi connectivity index (χ4n) is 1.69. The molecule has 0 heterocycles. The minimum atomic E-state index is -0.475. The van der Waals surface area contributed by atoms with Crippen molar-refractivity contribution in [2.45, 2.75) is 13.0 Å². The Bertz CT molecular complexity index is 382. The fourth-order valence-corrected chi connectivity index (χ4v) is 2.37. The van der Waals surface area contributed by atoms with Gasteiger partial charge in [-0.25, -0.2) is 0 Å². The lowest BCUT2D eigenvalue weighted by Crippen LogP contribution is -2.17. The Morgan fingerprint density at radius 2 is 1.94 bits per heavy atom. The zero-order chi connectivity index (χ0) is 12.3. The van der Waals surface area contributed by atoms with Gasteiger partial charge in [0, 0.05) is 5.56 Å². The predicted octanol–water partition coefficient (Wildman–Crippen LogP) is 1.77. The number of aliphatic hydroxyl groups is 1. The Kier molecular flexibility index (Phi) is 4.58. The van der Waals surface area contributed by atoms with E-state index in [0.29, 0.717) is 11.5 Å². The van der Waals surface area contributed by atoms with Crippen molar-refractivity contribution in [3.05, 3.63) is 21.7 Å². The first-order valence-electron chi connectivity index (χ1n) is 4.84. The van der Waals surface area contributed by atoms with Crippen LogP contribution in [0.4, 0.5) is 0 Å². The smallest absolute Gasteiger partial charge is 0.175 e. The molecule has 0 saturated heterocycles. The maximum Gasteiger partial charge on any atom is 0.175 e. The topological polar surface area (TPSA) is 64.7 Å². The van der Waals surface area contributed by atoms with E-state index in [-0.39, 0.29) is 6.61 Å². The molecule has 16 heavy (non-hydrogen) atoms. The van der Waals surface area contributed by atoms with E-state index >= 15 is 0 Å². The highest BCUT2D eigenvalue weighted by Crippen LogP contribution is 2.41. The zero-order valence-corrected chi connectivity index (χ0v) is 11.2. The molecule has 0 saturated carbocycles. The molecule has 4 nitrogen and oxygen atoms in total. The van der Waals surface area contributed by atoms with Crippen LogP contribution in [0.15, 0.2) is 10.5 Å². The molecule has 1 unspecified atom stereocenters. The van der Waals surface area contributed by atoms with Gasteiger partial charge in [-0.1, -0.05) is 0 Å². The Balaban J connectivity index is 3.45. The number of rotatable bonds is 4. The molecule has 0 aromatic heterocycles. The molecule has 1 aromatic rings. The second-order valence-electron chi connectivity index (χ2n) is 3.44. The van der Waals surface area contributed by atoms with Gasteiger partial charge in [0.25, 0.3) is 0 Å². The van der Waals surface area contributed by atoms with E-state index in [1.54, 1.807) is 14.2 Å². The van der Waals surface area contributed by atoms with Crippen molar-refractivity contribution in [2.75, 3.05) is 20.8 Å². The van der Waals surface area contributed by atoms with Gasteiger partial charge in [-0.05, 0) is 34.5 Å². The van der Waals surface area contributed by atoms with Crippen molar-refractivity contribution in [3.8, 4) is 11.5 Å². The van der Waals surface area contributed by atoms with E-state index < -0.39 is 6.04 Å². The van der Waals surface area contributed by atoms with E-state index in [4.69, 9.17) is 20.3 Å². The van der Waals surface area contributed by atoms with Gasteiger partial charge in [-0.3, -0.25) is 0 Å². The van der Waals surface area contributed by atoms with E-state index in [1.165, 1.54) is 0 Å². The van der Waals surface area contributed by atoms with E-state index in [0.717, 1.165) is 15.6 Å². The molecule has 3 N–H and O–H groups in total. The van der Waals surface area contributed by atoms with Gasteiger partial charge < -0.3 is 20.3 Å². The molecule has 0 radical (unpaired) electrons. The molecule has 0 aliphatic rings. The minimum Gasteiger partial charge on any atom is -0.492 e. The number of ether oxygens (including phenoxy) is 2. The molecule has 0 aliphatic heterocycles. The highest BCUT2D eigenvalue weighted by Gasteiger charge is 2.20. The van der Waals surface area contributed by atoms with Gasteiger partial charge in [0.15, 0.2) is 11.5 Å². The van der Waals surface area contributed by atoms with Crippen LogP contribution in [0.25, 0.3) is 0 Å². The second-order valence-corrected chi connectivity index (χ2v) is 4.30. The van der Waals surface area contributed by atoms with Gasteiger partial charge in [0.1, 0.15) is 0 Å². The number of hydrogen-bond acceptors (Lipinski definition) is 4. The molecular formula is C11H16BrNO3. The number of halogens is 1. The van der Waals surface area contributed by atoms with Gasteiger partial charge in [0.05, 0.1) is 31.3 Å². The summed E-state index contributed by atoms with van der Waals surface area (Å²) in [6.07, 6.45) is 0. The average Bonchev–Trinajstić information content (AvgIpc) is 2.27. The first-order valence-corrected chi connectivity index (χ1v) is 5.63. The van der Waals surface area contributed by atoms with Crippen molar-refractivity contribution < 1.29 is 14.6 Å². The number of nitrogens with two attached hydrogens (primary N) is 1. The van der Waals surface area contributed by atoms with Crippen molar-refractivity contribution >= 4 is 15.9 Å². The summed E-state index contributed by atoms with van der Waals surface area (Å²) in [7, 11) is 3.11. The summed E-state index contributed by atoms with van der Waals surface area (Å²) in [6, 6.07) is 1.42. The normalized spacial score (nSPS) is 12.4. The van der Waals surface area contributed by atoms with Crippen LogP contribution in [0.1, 0.15) is 17.2 Å². The molecule has 1 atom stereocenters. The van der Waals surface area contributed by atoms with Crippen LogP contribution in [0, 0.1) is 6.92 Å². The highest BCUT2D eigenvalue weighted by atomic mass is 79.9. The molecule has 5 heteroatoms. The van der Waals surface area contributed by atoms with Gasteiger partial charge in [0.2, 0.25) is 0 Å². The standard InChI is InChI=1S/C11H16BrNO3/c1-6-4-7(12)10(15-2)11(16-3)9(6)8(13)5-14/h4,8,14H,5,13H2,1-3H3. The molecule has 1 rings (SSSR count). The summed E-state index contributed by atoms with van der Waals surface area (Å²) in [5.74, 6) is 1.16. The lowest BCUT2D eigenvalue weighted by molar-refractivity contribution is 0.262. The molecule has 90 valence electrons. The Morgan fingerprint density at radius 1 is 1.38 bits per heavy atom. The Labute approximate surface area is 103 Å². The fraction of sp³-hybridized carbons (Fsp3) is 0.455. The number of benzene rings is 1. The molecule has 0 aliphatic carbocycles. The molecular weight excluding hydrogens is 274 g/mol. The summed E-state index contributed by atoms with van der Waals surface area (Å²) in [6.45, 7) is 1.78. The molecule has 0 fully saturated rings. The van der Waals surface area contributed by atoms with Crippen molar-refractivity contribution in [2.24, 2.45) is 5.73 Å². The van der Waals surface area contributed by atoms with Crippen LogP contribution in [0.5, 0.6) is 11.5 Å². The third-order valence-electron chi connectivity index (χ3n) is 2.41. The van der Waals surface area contributed by atoms with Crippen molar-refractivity contribution in [1.29, 1.82) is 0 Å². The largest absolute Gasteiger partial charge is 0.492 e. The third-order valence-corrected chi connectivity index (χ3v) is 3.00. The second kappa shape index (κ2) is 5.52. The average molecular weight is 290 g/mol. The minimum absolute atomic E-state index is 0.137. The lowest BCUT2D eigenvalue weighted by atomic mass is 10.0. The first kappa shape index (κ1) is 13.3. The number of methoxy groups -OCH3 is 2. The van der Waals surface area contributed by atoms with Crippen LogP contribution in [0.3, 0.4) is 0 Å². The summed E-state index contributed by atoms with van der Waals surface area (Å²) in [5, 5.41) is 9.13. The van der Waals surface area contributed by atoms with Gasteiger partial charge in [-0.15, -0.1) is 0 Å². The number of aryl methyl sites for hydroxylation is 1. The van der Waals surface area contributed by atoms with Gasteiger partial charge >= 0.3 is 0 Å². The summed E-state index contributed by atoms with van der Waals surface area (Å²) < 4.78 is 11.4. The van der Waals surface area contributed by atoms with Crippen LogP contribution in [-0.4, -0.2) is 25.9 Å². The summed E-state index contributed by atoms with van der Waals surface area (Å²) >= 11 is 3.40. The first-order chi connectivity index (χ1) is 7.56.